The number of sulfonamides is 1. The summed E-state index contributed by atoms with van der Waals surface area (Å²) in [5, 5.41) is 0.479. The fraction of sp³-hybridized carbons (Fsp3) is 0.0741. The van der Waals surface area contributed by atoms with Crippen LogP contribution in [0.25, 0.3) is 27.7 Å². The van der Waals surface area contributed by atoms with Crippen LogP contribution in [-0.4, -0.2) is 30.1 Å². The summed E-state index contributed by atoms with van der Waals surface area (Å²) >= 11 is 5.94. The molecule has 0 atom stereocenters. The number of methoxy groups -OCH3 is 1. The van der Waals surface area contributed by atoms with Gasteiger partial charge in [0.2, 0.25) is 0 Å². The minimum absolute atomic E-state index is 0.0182. The van der Waals surface area contributed by atoms with Crippen molar-refractivity contribution in [2.45, 2.75) is 11.8 Å². The van der Waals surface area contributed by atoms with Crippen LogP contribution in [0.1, 0.15) is 5.82 Å². The van der Waals surface area contributed by atoms with Crippen molar-refractivity contribution in [3.8, 4) is 22.6 Å². The molecule has 3 aromatic carbocycles. The molecule has 0 radical (unpaired) electrons. The Kier molecular flexibility index (Phi) is 6.79. The van der Waals surface area contributed by atoms with E-state index in [4.69, 9.17) is 16.3 Å². The number of fused-ring (bicyclic) bond motifs is 1. The van der Waals surface area contributed by atoms with Gasteiger partial charge in [0.05, 0.1) is 23.2 Å². The number of halogens is 3. The third-order valence-corrected chi connectivity index (χ3v) is 7.44. The Morgan fingerprint density at radius 2 is 1.79 bits per heavy atom. The van der Waals surface area contributed by atoms with Gasteiger partial charge in [-0.1, -0.05) is 11.6 Å². The predicted octanol–water partition coefficient (Wildman–Crippen LogP) is 5.50. The van der Waals surface area contributed by atoms with Gasteiger partial charge in [0, 0.05) is 34.3 Å². The van der Waals surface area contributed by atoms with Crippen LogP contribution in [-0.2, 0) is 10.0 Å². The third-order valence-electron chi connectivity index (χ3n) is 5.87. The molecule has 5 aromatic rings. The molecule has 1 N–H and O–H groups in total. The van der Waals surface area contributed by atoms with Crippen LogP contribution >= 0.6 is 11.6 Å². The van der Waals surface area contributed by atoms with Crippen molar-refractivity contribution in [2.24, 2.45) is 0 Å². The van der Waals surface area contributed by atoms with Crippen molar-refractivity contribution in [3.05, 3.63) is 106 Å². The van der Waals surface area contributed by atoms with Gasteiger partial charge in [-0.2, -0.15) is 0 Å². The van der Waals surface area contributed by atoms with E-state index in [1.165, 1.54) is 66.4 Å². The van der Waals surface area contributed by atoms with Gasteiger partial charge in [0.1, 0.15) is 29.0 Å². The van der Waals surface area contributed by atoms with Gasteiger partial charge in [-0.05, 0) is 67.1 Å². The molecule has 0 saturated carbocycles. The van der Waals surface area contributed by atoms with E-state index in [0.29, 0.717) is 16.7 Å². The fourth-order valence-corrected chi connectivity index (χ4v) is 5.42. The van der Waals surface area contributed by atoms with E-state index in [1.54, 1.807) is 6.92 Å². The molecule has 2 heterocycles. The third kappa shape index (κ3) is 5.18. The van der Waals surface area contributed by atoms with Gasteiger partial charge < -0.3 is 4.74 Å². The summed E-state index contributed by atoms with van der Waals surface area (Å²) in [6.07, 6.45) is 1.43. The number of aromatic nitrogens is 3. The van der Waals surface area contributed by atoms with Crippen molar-refractivity contribution in [1.82, 2.24) is 14.5 Å². The van der Waals surface area contributed by atoms with Crippen LogP contribution in [0, 0.1) is 18.6 Å². The van der Waals surface area contributed by atoms with Gasteiger partial charge in [-0.25, -0.2) is 27.2 Å². The lowest BCUT2D eigenvalue weighted by molar-refractivity contribution is 0.412. The van der Waals surface area contributed by atoms with Crippen molar-refractivity contribution in [2.75, 3.05) is 11.8 Å². The Morgan fingerprint density at radius 1 is 1.00 bits per heavy atom. The summed E-state index contributed by atoms with van der Waals surface area (Å²) < 4.78 is 64.3. The molecule has 0 bridgehead atoms. The standard InChI is InChI=1S/C27H19ClF2N4O4S/c1-15-31-8-7-26(32-15)33-39(36,37)20-4-5-23-16(11-20)3-6-27(35)34(23)24-14-22(30)21(13-25(24)38-2)17-9-18(28)12-19(29)10-17/h3-14H,1-2H3,(H,31,32,33). The van der Waals surface area contributed by atoms with E-state index in [-0.39, 0.29) is 38.3 Å². The highest BCUT2D eigenvalue weighted by Crippen LogP contribution is 2.35. The first-order valence-electron chi connectivity index (χ1n) is 11.4. The Balaban J connectivity index is 1.63. The normalized spacial score (nSPS) is 11.5. The molecule has 0 aliphatic carbocycles. The molecule has 8 nitrogen and oxygen atoms in total. The van der Waals surface area contributed by atoms with E-state index in [2.05, 4.69) is 14.7 Å². The minimum Gasteiger partial charge on any atom is -0.495 e. The van der Waals surface area contributed by atoms with Crippen molar-refractivity contribution in [3.63, 3.8) is 0 Å². The van der Waals surface area contributed by atoms with E-state index in [1.807, 2.05) is 0 Å². The average Bonchev–Trinajstić information content (AvgIpc) is 2.87. The van der Waals surface area contributed by atoms with Gasteiger partial charge in [0.15, 0.2) is 0 Å². The highest BCUT2D eigenvalue weighted by Gasteiger charge is 2.20. The maximum Gasteiger partial charge on any atom is 0.263 e. The Bertz CT molecular complexity index is 1910. The first-order chi connectivity index (χ1) is 18.6. The molecule has 12 heteroatoms. The number of aryl methyl sites for hydroxylation is 1. The van der Waals surface area contributed by atoms with Crippen LogP contribution in [0.15, 0.2) is 82.6 Å². The molecule has 0 amide bonds. The molecular weight excluding hydrogens is 550 g/mol. The lowest BCUT2D eigenvalue weighted by Gasteiger charge is -2.17. The Hall–Kier alpha value is -4.35. The maximum absolute atomic E-state index is 15.4. The first kappa shape index (κ1) is 26.3. The zero-order chi connectivity index (χ0) is 27.9. The van der Waals surface area contributed by atoms with E-state index in [9.17, 15) is 17.6 Å². The van der Waals surface area contributed by atoms with Crippen molar-refractivity contribution < 1.29 is 21.9 Å². The molecule has 0 saturated heterocycles. The zero-order valence-corrected chi connectivity index (χ0v) is 22.0. The molecule has 0 unspecified atom stereocenters. The molecule has 2 aromatic heterocycles. The minimum atomic E-state index is -4.03. The highest BCUT2D eigenvalue weighted by molar-refractivity contribution is 7.92. The molecule has 198 valence electrons. The maximum atomic E-state index is 15.4. The van der Waals surface area contributed by atoms with Crippen LogP contribution in [0.3, 0.4) is 0 Å². The number of nitrogens with one attached hydrogen (secondary N) is 1. The smallest absolute Gasteiger partial charge is 0.263 e. The summed E-state index contributed by atoms with van der Waals surface area (Å²) in [5.41, 5.74) is 0.0751. The van der Waals surface area contributed by atoms with E-state index in [0.717, 1.165) is 18.2 Å². The largest absolute Gasteiger partial charge is 0.495 e. The van der Waals surface area contributed by atoms with Gasteiger partial charge in [0.25, 0.3) is 15.6 Å². The number of nitrogens with zero attached hydrogens (tertiary/aromatic N) is 3. The number of anilines is 1. The lowest BCUT2D eigenvalue weighted by Crippen LogP contribution is -2.19. The summed E-state index contributed by atoms with van der Waals surface area (Å²) in [6.45, 7) is 1.63. The monoisotopic (exact) mass is 568 g/mol. The Labute approximate surface area is 226 Å². The van der Waals surface area contributed by atoms with Crippen molar-refractivity contribution >= 4 is 38.3 Å². The molecule has 0 spiro atoms. The average molecular weight is 569 g/mol. The van der Waals surface area contributed by atoms with Crippen LogP contribution in [0.2, 0.25) is 5.02 Å². The number of benzene rings is 3. The van der Waals surface area contributed by atoms with E-state index < -0.39 is 27.2 Å². The lowest BCUT2D eigenvalue weighted by atomic mass is 10.0. The van der Waals surface area contributed by atoms with Gasteiger partial charge >= 0.3 is 0 Å². The quantitative estimate of drug-likeness (QED) is 0.290. The fourth-order valence-electron chi connectivity index (χ4n) is 4.16. The molecular formula is C27H19ClF2N4O4S. The van der Waals surface area contributed by atoms with Crippen LogP contribution in [0.4, 0.5) is 14.6 Å². The molecule has 0 aliphatic rings. The molecule has 5 rings (SSSR count). The summed E-state index contributed by atoms with van der Waals surface area (Å²) in [4.78, 5) is 20.9. The van der Waals surface area contributed by atoms with Gasteiger partial charge in [-0.3, -0.25) is 14.1 Å². The molecule has 39 heavy (non-hydrogen) atoms. The second kappa shape index (κ2) is 10.1. The van der Waals surface area contributed by atoms with Gasteiger partial charge in [-0.15, -0.1) is 0 Å². The summed E-state index contributed by atoms with van der Waals surface area (Å²) in [7, 11) is -2.68. The highest BCUT2D eigenvalue weighted by atomic mass is 35.5. The number of pyridine rings is 1. The zero-order valence-electron chi connectivity index (χ0n) is 20.4. The Morgan fingerprint density at radius 3 is 2.51 bits per heavy atom. The SMILES string of the molecule is COc1cc(-c2cc(F)cc(Cl)c2)c(F)cc1-n1c(=O)ccc2cc(S(=O)(=O)Nc3ccnc(C)n3)ccc21. The predicted molar refractivity (Wildman–Crippen MR) is 144 cm³/mol. The summed E-state index contributed by atoms with van der Waals surface area (Å²) in [6, 6.07) is 14.3. The molecule has 0 aliphatic heterocycles. The molecule has 0 fully saturated rings. The summed E-state index contributed by atoms with van der Waals surface area (Å²) in [5.74, 6) is -0.767. The second-order valence-electron chi connectivity index (χ2n) is 8.48. The number of hydrogen-bond donors (Lipinski definition) is 1. The second-order valence-corrected chi connectivity index (χ2v) is 10.6. The van der Waals surface area contributed by atoms with E-state index >= 15 is 4.39 Å². The van der Waals surface area contributed by atoms with Crippen molar-refractivity contribution in [1.29, 1.82) is 0 Å². The first-order valence-corrected chi connectivity index (χ1v) is 13.2. The number of hydrogen-bond acceptors (Lipinski definition) is 6. The number of ether oxygens (including phenoxy) is 1. The topological polar surface area (TPSA) is 103 Å². The van der Waals surface area contributed by atoms with Crippen LogP contribution < -0.4 is 15.0 Å². The van der Waals surface area contributed by atoms with Crippen LogP contribution in [0.5, 0.6) is 5.75 Å². The number of rotatable bonds is 6.